The standard InChI is InChI=1S/C16H25NO2S/c1-3-13-8-7-9-14(12-13)17-15-10-5-6-11-16(15)20(18,19)4-2/h5-6,10-11,13-14,17H,3-4,7-9,12H2,1-2H3. The highest BCUT2D eigenvalue weighted by atomic mass is 32.2. The number of para-hydroxylation sites is 1. The molecule has 1 N–H and O–H groups in total. The van der Waals surface area contributed by atoms with Crippen LogP contribution in [0.25, 0.3) is 0 Å². The fraction of sp³-hybridized carbons (Fsp3) is 0.625. The van der Waals surface area contributed by atoms with Crippen molar-refractivity contribution in [3.05, 3.63) is 24.3 Å². The van der Waals surface area contributed by atoms with E-state index in [1.807, 2.05) is 12.1 Å². The van der Waals surface area contributed by atoms with Gasteiger partial charge in [0.25, 0.3) is 0 Å². The van der Waals surface area contributed by atoms with Gasteiger partial charge in [-0.1, -0.05) is 45.2 Å². The molecule has 0 amide bonds. The van der Waals surface area contributed by atoms with E-state index in [0.717, 1.165) is 24.4 Å². The molecule has 0 bridgehead atoms. The first kappa shape index (κ1) is 15.4. The third-order valence-electron chi connectivity index (χ3n) is 4.32. The summed E-state index contributed by atoms with van der Waals surface area (Å²) in [5.41, 5.74) is 0.774. The maximum Gasteiger partial charge on any atom is 0.180 e. The van der Waals surface area contributed by atoms with Crippen LogP contribution in [0.5, 0.6) is 0 Å². The van der Waals surface area contributed by atoms with Gasteiger partial charge in [-0.25, -0.2) is 8.42 Å². The third kappa shape index (κ3) is 3.54. The predicted molar refractivity (Wildman–Crippen MR) is 83.8 cm³/mol. The zero-order valence-corrected chi connectivity index (χ0v) is 13.2. The van der Waals surface area contributed by atoms with Crippen LogP contribution in [0, 0.1) is 5.92 Å². The summed E-state index contributed by atoms with van der Waals surface area (Å²) in [5, 5.41) is 3.48. The second-order valence-electron chi connectivity index (χ2n) is 5.68. The topological polar surface area (TPSA) is 46.2 Å². The summed E-state index contributed by atoms with van der Waals surface area (Å²) >= 11 is 0. The lowest BCUT2D eigenvalue weighted by atomic mass is 9.84. The first-order valence-electron chi connectivity index (χ1n) is 7.65. The molecule has 4 heteroatoms. The van der Waals surface area contributed by atoms with Gasteiger partial charge in [0.05, 0.1) is 16.3 Å². The Kier molecular flexibility index (Phi) is 5.08. The summed E-state index contributed by atoms with van der Waals surface area (Å²) in [6.07, 6.45) is 6.05. The highest BCUT2D eigenvalue weighted by Crippen LogP contribution is 2.30. The Labute approximate surface area is 122 Å². The van der Waals surface area contributed by atoms with Crippen LogP contribution in [0.15, 0.2) is 29.2 Å². The molecule has 0 radical (unpaired) electrons. The highest BCUT2D eigenvalue weighted by molar-refractivity contribution is 7.91. The van der Waals surface area contributed by atoms with Gasteiger partial charge in [-0.15, -0.1) is 0 Å². The molecule has 3 nitrogen and oxygen atoms in total. The van der Waals surface area contributed by atoms with Gasteiger partial charge in [0.15, 0.2) is 9.84 Å². The summed E-state index contributed by atoms with van der Waals surface area (Å²) in [6, 6.07) is 7.70. The lowest BCUT2D eigenvalue weighted by Gasteiger charge is -2.30. The second-order valence-corrected chi connectivity index (χ2v) is 7.93. The number of sulfone groups is 1. The molecular weight excluding hydrogens is 270 g/mol. The number of hydrogen-bond acceptors (Lipinski definition) is 3. The molecule has 1 aliphatic carbocycles. The van der Waals surface area contributed by atoms with Crippen LogP contribution in [0.4, 0.5) is 5.69 Å². The number of nitrogens with one attached hydrogen (secondary N) is 1. The van der Waals surface area contributed by atoms with E-state index >= 15 is 0 Å². The van der Waals surface area contributed by atoms with Crippen LogP contribution in [-0.2, 0) is 9.84 Å². The molecular formula is C16H25NO2S. The number of hydrogen-bond donors (Lipinski definition) is 1. The molecule has 1 saturated carbocycles. The zero-order chi connectivity index (χ0) is 14.6. The van der Waals surface area contributed by atoms with Crippen molar-refractivity contribution in [3.63, 3.8) is 0 Å². The molecule has 2 rings (SSSR count). The quantitative estimate of drug-likeness (QED) is 0.897. The van der Waals surface area contributed by atoms with Crippen LogP contribution in [-0.4, -0.2) is 20.2 Å². The SMILES string of the molecule is CCC1CCCC(Nc2ccccc2S(=O)(=O)CC)C1. The molecule has 1 aliphatic rings. The molecule has 1 aromatic rings. The average molecular weight is 295 g/mol. The van der Waals surface area contributed by atoms with Gasteiger partial charge in [0.2, 0.25) is 0 Å². The van der Waals surface area contributed by atoms with Crippen molar-refractivity contribution in [1.29, 1.82) is 0 Å². The van der Waals surface area contributed by atoms with Crippen molar-refractivity contribution in [3.8, 4) is 0 Å². The molecule has 1 aromatic carbocycles. The van der Waals surface area contributed by atoms with Crippen molar-refractivity contribution in [2.75, 3.05) is 11.1 Å². The van der Waals surface area contributed by atoms with E-state index in [0.29, 0.717) is 10.9 Å². The normalized spacial score (nSPS) is 23.5. The Morgan fingerprint density at radius 1 is 1.20 bits per heavy atom. The van der Waals surface area contributed by atoms with Crippen LogP contribution in [0.2, 0.25) is 0 Å². The van der Waals surface area contributed by atoms with Crippen molar-refractivity contribution < 1.29 is 8.42 Å². The molecule has 0 aromatic heterocycles. The molecule has 112 valence electrons. The van der Waals surface area contributed by atoms with E-state index in [1.165, 1.54) is 19.3 Å². The van der Waals surface area contributed by atoms with Gasteiger partial charge in [-0.2, -0.15) is 0 Å². The summed E-state index contributed by atoms with van der Waals surface area (Å²) in [7, 11) is -3.16. The Hall–Kier alpha value is -1.03. The first-order chi connectivity index (χ1) is 9.56. The van der Waals surface area contributed by atoms with E-state index in [1.54, 1.807) is 19.1 Å². The van der Waals surface area contributed by atoms with Crippen LogP contribution >= 0.6 is 0 Å². The maximum atomic E-state index is 12.1. The van der Waals surface area contributed by atoms with Gasteiger partial charge in [0, 0.05) is 6.04 Å². The minimum atomic E-state index is -3.16. The summed E-state index contributed by atoms with van der Waals surface area (Å²) in [5.74, 6) is 0.921. The van der Waals surface area contributed by atoms with E-state index in [4.69, 9.17) is 0 Å². The summed E-state index contributed by atoms with van der Waals surface area (Å²) in [6.45, 7) is 3.93. The number of anilines is 1. The molecule has 0 saturated heterocycles. The van der Waals surface area contributed by atoms with Gasteiger partial charge in [0.1, 0.15) is 0 Å². The van der Waals surface area contributed by atoms with Gasteiger partial charge in [-0.05, 0) is 30.9 Å². The second kappa shape index (κ2) is 6.61. The van der Waals surface area contributed by atoms with Crippen molar-refractivity contribution in [1.82, 2.24) is 0 Å². The fourth-order valence-electron chi connectivity index (χ4n) is 3.03. The molecule has 0 aliphatic heterocycles. The van der Waals surface area contributed by atoms with Crippen LogP contribution < -0.4 is 5.32 Å². The highest BCUT2D eigenvalue weighted by Gasteiger charge is 2.23. The van der Waals surface area contributed by atoms with Crippen molar-refractivity contribution in [2.45, 2.75) is 56.9 Å². The molecule has 2 atom stereocenters. The van der Waals surface area contributed by atoms with E-state index in [9.17, 15) is 8.42 Å². The molecule has 0 heterocycles. The first-order valence-corrected chi connectivity index (χ1v) is 9.30. The number of benzene rings is 1. The third-order valence-corrected chi connectivity index (χ3v) is 6.11. The van der Waals surface area contributed by atoms with E-state index in [-0.39, 0.29) is 5.75 Å². The Balaban J connectivity index is 2.17. The Morgan fingerprint density at radius 3 is 2.65 bits per heavy atom. The lowest BCUT2D eigenvalue weighted by Crippen LogP contribution is -2.27. The lowest BCUT2D eigenvalue weighted by molar-refractivity contribution is 0.327. The molecule has 0 spiro atoms. The van der Waals surface area contributed by atoms with Gasteiger partial charge < -0.3 is 5.32 Å². The Bertz CT molecular complexity index is 539. The molecule has 20 heavy (non-hydrogen) atoms. The molecule has 2 unspecified atom stereocenters. The maximum absolute atomic E-state index is 12.1. The fourth-order valence-corrected chi connectivity index (χ4v) is 4.08. The van der Waals surface area contributed by atoms with Crippen LogP contribution in [0.3, 0.4) is 0 Å². The van der Waals surface area contributed by atoms with E-state index < -0.39 is 9.84 Å². The van der Waals surface area contributed by atoms with Crippen molar-refractivity contribution >= 4 is 15.5 Å². The Morgan fingerprint density at radius 2 is 1.95 bits per heavy atom. The minimum absolute atomic E-state index is 0.147. The molecule has 1 fully saturated rings. The summed E-state index contributed by atoms with van der Waals surface area (Å²) < 4.78 is 24.3. The number of rotatable bonds is 5. The average Bonchev–Trinajstić information content (AvgIpc) is 2.48. The van der Waals surface area contributed by atoms with Crippen LogP contribution in [0.1, 0.15) is 46.0 Å². The minimum Gasteiger partial charge on any atom is -0.381 e. The largest absolute Gasteiger partial charge is 0.381 e. The smallest absolute Gasteiger partial charge is 0.180 e. The van der Waals surface area contributed by atoms with E-state index in [2.05, 4.69) is 12.2 Å². The monoisotopic (exact) mass is 295 g/mol. The van der Waals surface area contributed by atoms with Gasteiger partial charge >= 0.3 is 0 Å². The van der Waals surface area contributed by atoms with Crippen molar-refractivity contribution in [2.24, 2.45) is 5.92 Å². The zero-order valence-electron chi connectivity index (χ0n) is 12.4. The predicted octanol–water partition coefficient (Wildman–Crippen LogP) is 3.86. The van der Waals surface area contributed by atoms with Gasteiger partial charge in [-0.3, -0.25) is 0 Å². The summed E-state index contributed by atoms with van der Waals surface area (Å²) in [4.78, 5) is 0.445.